The number of likely N-dealkylation sites (N-methyl/N-ethyl adjacent to an activating group) is 1. The number of rotatable bonds is 2. The van der Waals surface area contributed by atoms with Crippen molar-refractivity contribution in [2.45, 2.75) is 12.5 Å². The van der Waals surface area contributed by atoms with Gasteiger partial charge in [0.1, 0.15) is 0 Å². The minimum absolute atomic E-state index is 0.109. The van der Waals surface area contributed by atoms with Gasteiger partial charge in [0.05, 0.1) is 18.7 Å². The highest BCUT2D eigenvalue weighted by Gasteiger charge is 2.40. The van der Waals surface area contributed by atoms with E-state index >= 15 is 0 Å². The van der Waals surface area contributed by atoms with E-state index in [-0.39, 0.29) is 18.4 Å². The maximum Gasteiger partial charge on any atom is 0.254 e. The summed E-state index contributed by atoms with van der Waals surface area (Å²) in [6, 6.07) is 9.18. The quantitative estimate of drug-likeness (QED) is 0.905. The summed E-state index contributed by atoms with van der Waals surface area (Å²) in [7, 11) is 1.56. The minimum Gasteiger partial charge on any atom is -0.362 e. The maximum atomic E-state index is 12.9. The number of ether oxygens (including phenoxy) is 1. The topological polar surface area (TPSA) is 71.5 Å². The first-order chi connectivity index (χ1) is 11.0. The molecular formula is C17H19N3O3. The smallest absolute Gasteiger partial charge is 0.254 e. The molecule has 6 nitrogen and oxygen atoms in total. The van der Waals surface area contributed by atoms with Gasteiger partial charge >= 0.3 is 0 Å². The van der Waals surface area contributed by atoms with Gasteiger partial charge in [0.2, 0.25) is 0 Å². The molecule has 1 saturated heterocycles. The summed E-state index contributed by atoms with van der Waals surface area (Å²) in [5, 5.41) is 3.41. The van der Waals surface area contributed by atoms with E-state index in [1.54, 1.807) is 31.1 Å². The summed E-state index contributed by atoms with van der Waals surface area (Å²) in [6.07, 6.45) is 1.70. The summed E-state index contributed by atoms with van der Waals surface area (Å²) in [6.45, 7) is 2.72. The van der Waals surface area contributed by atoms with Crippen LogP contribution in [-0.4, -0.2) is 54.0 Å². The predicted octanol–water partition coefficient (Wildman–Crippen LogP) is 1.21. The number of nitrogens with zero attached hydrogens (tertiary/aromatic N) is 2. The first kappa shape index (κ1) is 15.4. The van der Waals surface area contributed by atoms with Crippen molar-refractivity contribution in [3.8, 4) is 0 Å². The average molecular weight is 313 g/mol. The monoisotopic (exact) mass is 313 g/mol. The fourth-order valence-electron chi connectivity index (χ4n) is 2.91. The highest BCUT2D eigenvalue weighted by molar-refractivity contribution is 6.06. The van der Waals surface area contributed by atoms with E-state index in [9.17, 15) is 9.59 Å². The van der Waals surface area contributed by atoms with Crippen molar-refractivity contribution < 1.29 is 14.3 Å². The third-order valence-corrected chi connectivity index (χ3v) is 4.15. The number of aromatic nitrogens is 1. The molecule has 1 aromatic carbocycles. The number of fused-ring (bicyclic) bond motifs is 1. The molecule has 1 fully saturated rings. The summed E-state index contributed by atoms with van der Waals surface area (Å²) in [4.78, 5) is 30.9. The lowest BCUT2D eigenvalue weighted by Crippen LogP contribution is -2.58. The maximum absolute atomic E-state index is 12.9. The van der Waals surface area contributed by atoms with Gasteiger partial charge in [-0.1, -0.05) is 12.1 Å². The lowest BCUT2D eigenvalue weighted by molar-refractivity contribution is -0.153. The molecule has 120 valence electrons. The van der Waals surface area contributed by atoms with Crippen LogP contribution in [0.25, 0.3) is 10.9 Å². The van der Waals surface area contributed by atoms with Crippen LogP contribution in [0.5, 0.6) is 0 Å². The van der Waals surface area contributed by atoms with Crippen molar-refractivity contribution in [3.05, 3.63) is 42.1 Å². The average Bonchev–Trinajstić information content (AvgIpc) is 2.60. The van der Waals surface area contributed by atoms with Crippen molar-refractivity contribution in [2.24, 2.45) is 0 Å². The van der Waals surface area contributed by atoms with E-state index in [2.05, 4.69) is 10.3 Å². The SMILES string of the molecule is CNC(=O)[C@]1(C)CN(C(=O)c2cccc3ncccc23)CCO1. The lowest BCUT2D eigenvalue weighted by atomic mass is 10.0. The van der Waals surface area contributed by atoms with Crippen LogP contribution in [0.2, 0.25) is 0 Å². The van der Waals surface area contributed by atoms with Gasteiger partial charge in [-0.25, -0.2) is 0 Å². The van der Waals surface area contributed by atoms with E-state index in [0.29, 0.717) is 18.7 Å². The van der Waals surface area contributed by atoms with Crippen molar-refractivity contribution in [3.63, 3.8) is 0 Å². The molecule has 1 aliphatic rings. The number of morpholine rings is 1. The number of pyridine rings is 1. The zero-order valence-corrected chi connectivity index (χ0v) is 13.2. The van der Waals surface area contributed by atoms with E-state index in [1.807, 2.05) is 24.3 Å². The van der Waals surface area contributed by atoms with Gasteiger partial charge in [-0.05, 0) is 25.1 Å². The Kier molecular flexibility index (Phi) is 4.00. The summed E-state index contributed by atoms with van der Waals surface area (Å²) in [5.74, 6) is -0.336. The molecule has 1 atom stereocenters. The fourth-order valence-corrected chi connectivity index (χ4v) is 2.91. The molecule has 0 unspecified atom stereocenters. The molecule has 1 aromatic heterocycles. The van der Waals surface area contributed by atoms with Gasteiger partial charge < -0.3 is 15.0 Å². The highest BCUT2D eigenvalue weighted by Crippen LogP contribution is 2.23. The Hall–Kier alpha value is -2.47. The molecule has 2 heterocycles. The van der Waals surface area contributed by atoms with E-state index in [4.69, 9.17) is 4.74 Å². The molecule has 0 spiro atoms. The molecule has 1 aliphatic heterocycles. The van der Waals surface area contributed by atoms with Crippen molar-refractivity contribution >= 4 is 22.7 Å². The number of carbonyl (C=O) groups is 2. The number of nitrogens with one attached hydrogen (secondary N) is 1. The molecule has 2 amide bonds. The summed E-state index contributed by atoms with van der Waals surface area (Å²) < 4.78 is 5.60. The zero-order valence-electron chi connectivity index (χ0n) is 13.2. The molecule has 3 rings (SSSR count). The first-order valence-corrected chi connectivity index (χ1v) is 7.54. The summed E-state index contributed by atoms with van der Waals surface area (Å²) >= 11 is 0. The van der Waals surface area contributed by atoms with Gasteiger partial charge in [0, 0.05) is 30.7 Å². The minimum atomic E-state index is -1.02. The Morgan fingerprint density at radius 2 is 2.13 bits per heavy atom. The Morgan fingerprint density at radius 1 is 1.30 bits per heavy atom. The van der Waals surface area contributed by atoms with Crippen molar-refractivity contribution in [2.75, 3.05) is 26.7 Å². The van der Waals surface area contributed by atoms with Crippen LogP contribution in [-0.2, 0) is 9.53 Å². The summed E-state index contributed by atoms with van der Waals surface area (Å²) in [5.41, 5.74) is 0.350. The largest absolute Gasteiger partial charge is 0.362 e. The van der Waals surface area contributed by atoms with Gasteiger partial charge in [0.25, 0.3) is 11.8 Å². The number of hydrogen-bond acceptors (Lipinski definition) is 4. The standard InChI is InChI=1S/C17H19N3O3/c1-17(16(22)18-2)11-20(9-10-23-17)15(21)13-5-3-7-14-12(13)6-4-8-19-14/h3-8H,9-11H2,1-2H3,(H,18,22)/t17-/m0/s1. The van der Waals surface area contributed by atoms with Gasteiger partial charge in [-0.3, -0.25) is 14.6 Å². The Balaban J connectivity index is 1.92. The number of carbonyl (C=O) groups excluding carboxylic acids is 2. The molecule has 6 heteroatoms. The molecule has 0 saturated carbocycles. The number of hydrogen-bond donors (Lipinski definition) is 1. The van der Waals surface area contributed by atoms with Gasteiger partial charge in [-0.15, -0.1) is 0 Å². The second kappa shape index (κ2) is 5.96. The van der Waals surface area contributed by atoms with Crippen LogP contribution < -0.4 is 5.32 Å². The van der Waals surface area contributed by atoms with Crippen LogP contribution in [0.1, 0.15) is 17.3 Å². The third kappa shape index (κ3) is 2.77. The molecule has 2 aromatic rings. The number of amides is 2. The number of benzene rings is 1. The van der Waals surface area contributed by atoms with Gasteiger partial charge in [0.15, 0.2) is 5.60 Å². The van der Waals surface area contributed by atoms with E-state index in [1.165, 1.54) is 0 Å². The van der Waals surface area contributed by atoms with Gasteiger partial charge in [-0.2, -0.15) is 0 Å². The van der Waals surface area contributed by atoms with Crippen molar-refractivity contribution in [1.82, 2.24) is 15.2 Å². The van der Waals surface area contributed by atoms with Crippen LogP contribution in [0, 0.1) is 0 Å². The normalized spacial score (nSPS) is 21.2. The first-order valence-electron chi connectivity index (χ1n) is 7.54. The molecule has 1 N–H and O–H groups in total. The fraction of sp³-hybridized carbons (Fsp3) is 0.353. The van der Waals surface area contributed by atoms with E-state index in [0.717, 1.165) is 10.9 Å². The van der Waals surface area contributed by atoms with Crippen molar-refractivity contribution in [1.29, 1.82) is 0 Å². The third-order valence-electron chi connectivity index (χ3n) is 4.15. The molecule has 0 bridgehead atoms. The predicted molar refractivity (Wildman–Crippen MR) is 86.1 cm³/mol. The van der Waals surface area contributed by atoms with Crippen LogP contribution in [0.3, 0.4) is 0 Å². The van der Waals surface area contributed by atoms with E-state index < -0.39 is 5.60 Å². The Bertz CT molecular complexity index is 756. The highest BCUT2D eigenvalue weighted by atomic mass is 16.5. The second-order valence-electron chi connectivity index (χ2n) is 5.76. The van der Waals surface area contributed by atoms with Crippen LogP contribution >= 0.6 is 0 Å². The molecule has 0 aliphatic carbocycles. The molecule has 23 heavy (non-hydrogen) atoms. The Morgan fingerprint density at radius 3 is 2.91 bits per heavy atom. The van der Waals surface area contributed by atoms with Crippen LogP contribution in [0.4, 0.5) is 0 Å². The molecular weight excluding hydrogens is 294 g/mol. The second-order valence-corrected chi connectivity index (χ2v) is 5.76. The zero-order chi connectivity index (χ0) is 16.4. The molecule has 0 radical (unpaired) electrons. The Labute approximate surface area is 134 Å². The lowest BCUT2D eigenvalue weighted by Gasteiger charge is -2.39. The van der Waals surface area contributed by atoms with Crippen LogP contribution in [0.15, 0.2) is 36.5 Å².